The molecule has 2 aromatic rings. The van der Waals surface area contributed by atoms with Gasteiger partial charge in [0.1, 0.15) is 5.82 Å². The first kappa shape index (κ1) is 12.3. The van der Waals surface area contributed by atoms with E-state index in [4.69, 9.17) is 0 Å². The molecular weight excluding hydrogens is 242 g/mol. The number of aromatic nitrogens is 4. The van der Waals surface area contributed by atoms with E-state index in [0.717, 1.165) is 37.2 Å². The molecule has 6 heteroatoms. The zero-order valence-electron chi connectivity index (χ0n) is 11.1. The average molecular weight is 261 g/mol. The lowest BCUT2D eigenvalue weighted by molar-refractivity contribution is 0.144. The summed E-state index contributed by atoms with van der Waals surface area (Å²) in [5, 5.41) is 21.7. The number of aliphatic hydroxyl groups is 1. The van der Waals surface area contributed by atoms with Crippen LogP contribution >= 0.6 is 0 Å². The average Bonchev–Trinajstić information content (AvgIpc) is 2.67. The Morgan fingerprint density at radius 3 is 3.00 bits per heavy atom. The number of aryl methyl sites for hydroxylation is 1. The van der Waals surface area contributed by atoms with Gasteiger partial charge in [0.25, 0.3) is 0 Å². The van der Waals surface area contributed by atoms with Crippen molar-refractivity contribution in [1.82, 2.24) is 19.6 Å². The van der Waals surface area contributed by atoms with Gasteiger partial charge >= 0.3 is 0 Å². The summed E-state index contributed by atoms with van der Waals surface area (Å²) in [6.45, 7) is 1.91. The molecule has 2 heterocycles. The maximum atomic E-state index is 10.2. The number of rotatable bonds is 2. The lowest BCUT2D eigenvalue weighted by Crippen LogP contribution is -2.33. The van der Waals surface area contributed by atoms with Crippen LogP contribution in [-0.4, -0.2) is 36.8 Å². The van der Waals surface area contributed by atoms with Crippen LogP contribution in [0.2, 0.25) is 0 Å². The quantitative estimate of drug-likeness (QED) is 0.802. The van der Waals surface area contributed by atoms with Crippen LogP contribution in [0.15, 0.2) is 12.4 Å². The van der Waals surface area contributed by atoms with Crippen LogP contribution in [0.5, 0.6) is 0 Å². The summed E-state index contributed by atoms with van der Waals surface area (Å²) in [6.07, 6.45) is 8.52. The summed E-state index contributed by atoms with van der Waals surface area (Å²) in [6, 6.07) is 0.0539. The van der Waals surface area contributed by atoms with Crippen LogP contribution in [-0.2, 0) is 0 Å². The molecule has 102 valence electrons. The first-order valence-corrected chi connectivity index (χ1v) is 6.86. The summed E-state index contributed by atoms with van der Waals surface area (Å²) in [5.74, 6) is 1.54. The van der Waals surface area contributed by atoms with E-state index in [1.807, 2.05) is 17.5 Å². The number of anilines is 1. The molecule has 0 bridgehead atoms. The normalized spacial score (nSPS) is 24.3. The van der Waals surface area contributed by atoms with E-state index in [1.54, 1.807) is 6.20 Å². The third-order valence-electron chi connectivity index (χ3n) is 3.80. The SMILES string of the molecule is Cc1nnc2c(NC3CCCCCC3O)nccn12. The fourth-order valence-corrected chi connectivity index (χ4v) is 2.68. The Balaban J connectivity index is 1.88. The predicted octanol–water partition coefficient (Wildman–Crippen LogP) is 1.54. The zero-order chi connectivity index (χ0) is 13.2. The Morgan fingerprint density at radius 1 is 1.26 bits per heavy atom. The molecule has 1 fully saturated rings. The highest BCUT2D eigenvalue weighted by Crippen LogP contribution is 2.22. The van der Waals surface area contributed by atoms with Crippen LogP contribution in [0.25, 0.3) is 5.65 Å². The van der Waals surface area contributed by atoms with E-state index in [1.165, 1.54) is 6.42 Å². The van der Waals surface area contributed by atoms with Crippen LogP contribution in [0.4, 0.5) is 5.82 Å². The van der Waals surface area contributed by atoms with Gasteiger partial charge in [0.05, 0.1) is 12.1 Å². The summed E-state index contributed by atoms with van der Waals surface area (Å²) in [5.41, 5.74) is 0.719. The molecule has 0 spiro atoms. The topological polar surface area (TPSA) is 75.3 Å². The second-order valence-corrected chi connectivity index (χ2v) is 5.17. The van der Waals surface area contributed by atoms with Crippen LogP contribution in [0.1, 0.15) is 37.9 Å². The molecule has 6 nitrogen and oxygen atoms in total. The molecule has 1 saturated carbocycles. The van der Waals surface area contributed by atoms with Gasteiger partial charge in [-0.25, -0.2) is 4.98 Å². The molecule has 3 rings (SSSR count). The molecule has 1 aliphatic carbocycles. The minimum absolute atomic E-state index is 0.0539. The van der Waals surface area contributed by atoms with Gasteiger partial charge in [-0.05, 0) is 19.8 Å². The molecular formula is C13H19N5O. The molecule has 2 unspecified atom stereocenters. The van der Waals surface area contributed by atoms with E-state index < -0.39 is 0 Å². The molecule has 0 aromatic carbocycles. The Bertz CT molecular complexity index is 567. The van der Waals surface area contributed by atoms with Gasteiger partial charge in [-0.1, -0.05) is 19.3 Å². The van der Waals surface area contributed by atoms with Gasteiger partial charge in [-0.2, -0.15) is 0 Å². The second-order valence-electron chi connectivity index (χ2n) is 5.17. The van der Waals surface area contributed by atoms with Gasteiger partial charge in [0, 0.05) is 12.4 Å². The van der Waals surface area contributed by atoms with Crippen molar-refractivity contribution in [1.29, 1.82) is 0 Å². The minimum atomic E-state index is -0.312. The van der Waals surface area contributed by atoms with Gasteiger partial charge in [-0.3, -0.25) is 4.40 Å². The summed E-state index contributed by atoms with van der Waals surface area (Å²) >= 11 is 0. The molecule has 0 saturated heterocycles. The molecule has 2 N–H and O–H groups in total. The molecule has 19 heavy (non-hydrogen) atoms. The van der Waals surface area contributed by atoms with E-state index in [2.05, 4.69) is 20.5 Å². The molecule has 0 amide bonds. The highest BCUT2D eigenvalue weighted by Gasteiger charge is 2.22. The summed E-state index contributed by atoms with van der Waals surface area (Å²) < 4.78 is 1.90. The first-order valence-electron chi connectivity index (χ1n) is 6.86. The summed E-state index contributed by atoms with van der Waals surface area (Å²) in [4.78, 5) is 4.33. The Hall–Kier alpha value is -1.69. The maximum absolute atomic E-state index is 10.2. The van der Waals surface area contributed by atoms with Crippen LogP contribution < -0.4 is 5.32 Å². The molecule has 0 aliphatic heterocycles. The standard InChI is InChI=1S/C13H19N5O/c1-9-16-17-13-12(14-7-8-18(9)13)15-10-5-3-2-4-6-11(10)19/h7-8,10-11,19H,2-6H2,1H3,(H,14,15). The largest absolute Gasteiger partial charge is 0.391 e. The third kappa shape index (κ3) is 2.40. The lowest BCUT2D eigenvalue weighted by atomic mass is 10.1. The fourth-order valence-electron chi connectivity index (χ4n) is 2.68. The Kier molecular flexibility index (Phi) is 3.33. The van der Waals surface area contributed by atoms with Gasteiger partial charge in [0.15, 0.2) is 5.82 Å². The van der Waals surface area contributed by atoms with E-state index in [-0.39, 0.29) is 12.1 Å². The molecule has 0 radical (unpaired) electrons. The number of fused-ring (bicyclic) bond motifs is 1. The highest BCUT2D eigenvalue weighted by molar-refractivity contribution is 5.62. The monoisotopic (exact) mass is 261 g/mol. The van der Waals surface area contributed by atoms with E-state index in [0.29, 0.717) is 5.82 Å². The molecule has 2 atom stereocenters. The van der Waals surface area contributed by atoms with Crippen molar-refractivity contribution in [2.75, 3.05) is 5.32 Å². The minimum Gasteiger partial charge on any atom is -0.391 e. The van der Waals surface area contributed by atoms with Crippen molar-refractivity contribution in [3.63, 3.8) is 0 Å². The van der Waals surface area contributed by atoms with Gasteiger partial charge in [0.2, 0.25) is 5.65 Å². The number of nitrogens with one attached hydrogen (secondary N) is 1. The van der Waals surface area contributed by atoms with Crippen molar-refractivity contribution >= 4 is 11.5 Å². The summed E-state index contributed by atoms with van der Waals surface area (Å²) in [7, 11) is 0. The third-order valence-corrected chi connectivity index (χ3v) is 3.80. The molecule has 2 aromatic heterocycles. The van der Waals surface area contributed by atoms with Crippen LogP contribution in [0.3, 0.4) is 0 Å². The number of aliphatic hydroxyl groups excluding tert-OH is 1. The first-order chi connectivity index (χ1) is 9.25. The molecule has 1 aliphatic rings. The smallest absolute Gasteiger partial charge is 0.203 e. The lowest BCUT2D eigenvalue weighted by Gasteiger charge is -2.22. The fraction of sp³-hybridized carbons (Fsp3) is 0.615. The van der Waals surface area contributed by atoms with Crippen molar-refractivity contribution in [3.05, 3.63) is 18.2 Å². The maximum Gasteiger partial charge on any atom is 0.203 e. The number of hydrogen-bond donors (Lipinski definition) is 2. The number of nitrogens with zero attached hydrogens (tertiary/aromatic N) is 4. The van der Waals surface area contributed by atoms with E-state index in [9.17, 15) is 5.11 Å². The zero-order valence-corrected chi connectivity index (χ0v) is 11.1. The number of hydrogen-bond acceptors (Lipinski definition) is 5. The second kappa shape index (κ2) is 5.13. The van der Waals surface area contributed by atoms with E-state index >= 15 is 0 Å². The van der Waals surface area contributed by atoms with Gasteiger partial charge < -0.3 is 10.4 Å². The van der Waals surface area contributed by atoms with Gasteiger partial charge in [-0.15, -0.1) is 10.2 Å². The van der Waals surface area contributed by atoms with Crippen LogP contribution in [0, 0.1) is 6.92 Å². The van der Waals surface area contributed by atoms with Crippen molar-refractivity contribution in [3.8, 4) is 0 Å². The van der Waals surface area contributed by atoms with Crippen molar-refractivity contribution in [2.45, 2.75) is 51.2 Å². The van der Waals surface area contributed by atoms with Crippen molar-refractivity contribution in [2.24, 2.45) is 0 Å². The predicted molar refractivity (Wildman–Crippen MR) is 72.0 cm³/mol. The van der Waals surface area contributed by atoms with Crippen molar-refractivity contribution < 1.29 is 5.11 Å². The highest BCUT2D eigenvalue weighted by atomic mass is 16.3. The Morgan fingerprint density at radius 2 is 2.11 bits per heavy atom. The Labute approximate surface area is 111 Å².